The van der Waals surface area contributed by atoms with Crippen molar-refractivity contribution in [1.29, 1.82) is 0 Å². The fourth-order valence-corrected chi connectivity index (χ4v) is 2.93. The van der Waals surface area contributed by atoms with Crippen LogP contribution in [-0.2, 0) is 14.3 Å². The molecule has 2 atom stereocenters. The number of hydrogen-bond acceptors (Lipinski definition) is 3. The Kier molecular flexibility index (Phi) is 2.40. The zero-order valence-corrected chi connectivity index (χ0v) is 10.2. The number of hydrogen-bond donors (Lipinski definition) is 1. The summed E-state index contributed by atoms with van der Waals surface area (Å²) in [7, 11) is 1.38. The van der Waals surface area contributed by atoms with Crippen molar-refractivity contribution >= 4 is 11.9 Å². The molecule has 1 heterocycles. The summed E-state index contributed by atoms with van der Waals surface area (Å²) in [5.74, 6) is -0.691. The van der Waals surface area contributed by atoms with Crippen LogP contribution in [0.1, 0.15) is 24.4 Å². The lowest BCUT2D eigenvalue weighted by atomic mass is 9.84. The van der Waals surface area contributed by atoms with Crippen LogP contribution in [0.5, 0.6) is 0 Å². The van der Waals surface area contributed by atoms with Gasteiger partial charge in [0.15, 0.2) is 0 Å². The Morgan fingerprint density at radius 2 is 2.00 bits per heavy atom. The van der Waals surface area contributed by atoms with E-state index in [1.807, 2.05) is 30.3 Å². The van der Waals surface area contributed by atoms with Crippen molar-refractivity contribution in [3.05, 3.63) is 35.9 Å². The second-order valence-corrected chi connectivity index (χ2v) is 5.02. The molecule has 4 nitrogen and oxygen atoms in total. The van der Waals surface area contributed by atoms with Gasteiger partial charge in [0.1, 0.15) is 0 Å². The molecule has 1 saturated heterocycles. The molecule has 0 bridgehead atoms. The van der Waals surface area contributed by atoms with Gasteiger partial charge in [0, 0.05) is 0 Å². The summed E-state index contributed by atoms with van der Waals surface area (Å²) in [4.78, 5) is 24.0. The Morgan fingerprint density at radius 1 is 1.33 bits per heavy atom. The van der Waals surface area contributed by atoms with Gasteiger partial charge in [-0.05, 0) is 18.4 Å². The molecule has 1 saturated carbocycles. The van der Waals surface area contributed by atoms with E-state index in [4.69, 9.17) is 4.74 Å². The quantitative estimate of drug-likeness (QED) is 0.802. The van der Waals surface area contributed by atoms with Crippen LogP contribution in [0.15, 0.2) is 30.3 Å². The van der Waals surface area contributed by atoms with Crippen LogP contribution in [0.2, 0.25) is 0 Å². The molecule has 4 heteroatoms. The topological polar surface area (TPSA) is 55.4 Å². The van der Waals surface area contributed by atoms with Gasteiger partial charge in [-0.1, -0.05) is 30.3 Å². The molecule has 1 N–H and O–H groups in total. The highest BCUT2D eigenvalue weighted by Gasteiger charge is 2.66. The van der Waals surface area contributed by atoms with Gasteiger partial charge >= 0.3 is 5.97 Å². The number of carbonyl (C=O) groups excluding carboxylic acids is 2. The van der Waals surface area contributed by atoms with Crippen LogP contribution in [0.25, 0.3) is 0 Å². The standard InChI is InChI=1S/C14H15NO3/c1-18-12(16)10-11(9-5-3-2-4-6-9)15-13(17)14(10)7-8-14/h2-6,10-11H,7-8H2,1H3,(H,15,17). The number of rotatable bonds is 2. The van der Waals surface area contributed by atoms with Crippen molar-refractivity contribution in [2.24, 2.45) is 11.3 Å². The molecular weight excluding hydrogens is 230 g/mol. The van der Waals surface area contributed by atoms with E-state index < -0.39 is 11.3 Å². The van der Waals surface area contributed by atoms with Gasteiger partial charge in [-0.25, -0.2) is 0 Å². The van der Waals surface area contributed by atoms with Crippen molar-refractivity contribution in [2.75, 3.05) is 7.11 Å². The van der Waals surface area contributed by atoms with Crippen LogP contribution in [0.3, 0.4) is 0 Å². The maximum atomic E-state index is 12.1. The van der Waals surface area contributed by atoms with Gasteiger partial charge in [0.05, 0.1) is 24.5 Å². The molecule has 2 fully saturated rings. The van der Waals surface area contributed by atoms with Gasteiger partial charge in [0.2, 0.25) is 5.91 Å². The summed E-state index contributed by atoms with van der Waals surface area (Å²) in [5, 5.41) is 2.95. The third kappa shape index (κ3) is 1.45. The van der Waals surface area contributed by atoms with Crippen molar-refractivity contribution in [3.8, 4) is 0 Å². The molecule has 94 valence electrons. The van der Waals surface area contributed by atoms with Gasteiger partial charge in [-0.15, -0.1) is 0 Å². The zero-order chi connectivity index (χ0) is 12.8. The molecule has 1 spiro atoms. The lowest BCUT2D eigenvalue weighted by Gasteiger charge is -2.20. The fraction of sp³-hybridized carbons (Fsp3) is 0.429. The first-order valence-corrected chi connectivity index (χ1v) is 6.13. The third-order valence-corrected chi connectivity index (χ3v) is 4.07. The van der Waals surface area contributed by atoms with Crippen LogP contribution in [0.4, 0.5) is 0 Å². The summed E-state index contributed by atoms with van der Waals surface area (Å²) in [6.45, 7) is 0. The summed E-state index contributed by atoms with van der Waals surface area (Å²) in [6.07, 6.45) is 1.56. The molecule has 1 amide bonds. The lowest BCUT2D eigenvalue weighted by Crippen LogP contribution is -2.28. The lowest BCUT2D eigenvalue weighted by molar-refractivity contribution is -0.149. The Balaban J connectivity index is 1.99. The molecule has 1 aliphatic heterocycles. The second-order valence-electron chi connectivity index (χ2n) is 5.02. The van der Waals surface area contributed by atoms with E-state index in [0.29, 0.717) is 0 Å². The van der Waals surface area contributed by atoms with Crippen molar-refractivity contribution in [3.63, 3.8) is 0 Å². The summed E-state index contributed by atoms with van der Waals surface area (Å²) >= 11 is 0. The summed E-state index contributed by atoms with van der Waals surface area (Å²) in [6, 6.07) is 9.35. The van der Waals surface area contributed by atoms with Gasteiger partial charge in [0.25, 0.3) is 0 Å². The third-order valence-electron chi connectivity index (χ3n) is 4.07. The summed E-state index contributed by atoms with van der Waals surface area (Å²) in [5.41, 5.74) is 0.457. The van der Waals surface area contributed by atoms with Crippen molar-refractivity contribution in [1.82, 2.24) is 5.32 Å². The molecule has 2 aliphatic rings. The van der Waals surface area contributed by atoms with Crippen molar-refractivity contribution < 1.29 is 14.3 Å². The van der Waals surface area contributed by atoms with Gasteiger partial charge in [-0.3, -0.25) is 9.59 Å². The van der Waals surface area contributed by atoms with Crippen LogP contribution >= 0.6 is 0 Å². The Labute approximate surface area is 105 Å². The smallest absolute Gasteiger partial charge is 0.312 e. The minimum Gasteiger partial charge on any atom is -0.469 e. The predicted octanol–water partition coefficient (Wildman–Crippen LogP) is 1.43. The van der Waals surface area contributed by atoms with E-state index in [2.05, 4.69) is 5.32 Å². The molecule has 0 radical (unpaired) electrons. The van der Waals surface area contributed by atoms with Gasteiger partial charge < -0.3 is 10.1 Å². The number of methoxy groups -OCH3 is 1. The van der Waals surface area contributed by atoms with E-state index in [9.17, 15) is 9.59 Å². The fourth-order valence-electron chi connectivity index (χ4n) is 2.93. The molecule has 3 rings (SSSR count). The number of nitrogens with one attached hydrogen (secondary N) is 1. The maximum Gasteiger partial charge on any atom is 0.312 e. The normalized spacial score (nSPS) is 27.9. The molecular formula is C14H15NO3. The first kappa shape index (κ1) is 11.3. The minimum absolute atomic E-state index is 0.00764. The maximum absolute atomic E-state index is 12.1. The Morgan fingerprint density at radius 3 is 2.56 bits per heavy atom. The van der Waals surface area contributed by atoms with Crippen LogP contribution < -0.4 is 5.32 Å². The molecule has 1 aliphatic carbocycles. The minimum atomic E-state index is -0.506. The number of ether oxygens (including phenoxy) is 1. The zero-order valence-electron chi connectivity index (χ0n) is 10.2. The Bertz CT molecular complexity index is 493. The van der Waals surface area contributed by atoms with Crippen molar-refractivity contribution in [2.45, 2.75) is 18.9 Å². The van der Waals surface area contributed by atoms with E-state index in [1.165, 1.54) is 7.11 Å². The average molecular weight is 245 g/mol. The monoisotopic (exact) mass is 245 g/mol. The predicted molar refractivity (Wildman–Crippen MR) is 64.5 cm³/mol. The molecule has 2 unspecified atom stereocenters. The second kappa shape index (κ2) is 3.83. The van der Waals surface area contributed by atoms with Gasteiger partial charge in [-0.2, -0.15) is 0 Å². The number of benzene rings is 1. The van der Waals surface area contributed by atoms with E-state index in [-0.39, 0.29) is 17.9 Å². The highest BCUT2D eigenvalue weighted by Crippen LogP contribution is 2.60. The molecule has 1 aromatic rings. The largest absolute Gasteiger partial charge is 0.469 e. The molecule has 1 aromatic carbocycles. The SMILES string of the molecule is COC(=O)C1C(c2ccccc2)NC(=O)C12CC2. The highest BCUT2D eigenvalue weighted by molar-refractivity contribution is 5.95. The van der Waals surface area contributed by atoms with E-state index in [0.717, 1.165) is 18.4 Å². The molecule has 0 aromatic heterocycles. The number of carbonyl (C=O) groups is 2. The van der Waals surface area contributed by atoms with Crippen LogP contribution in [0, 0.1) is 11.3 Å². The van der Waals surface area contributed by atoms with Crippen LogP contribution in [-0.4, -0.2) is 19.0 Å². The van der Waals surface area contributed by atoms with E-state index >= 15 is 0 Å². The number of esters is 1. The number of amides is 1. The average Bonchev–Trinajstić information content (AvgIpc) is 3.14. The molecule has 18 heavy (non-hydrogen) atoms. The summed E-state index contributed by atoms with van der Waals surface area (Å²) < 4.78 is 4.88. The van der Waals surface area contributed by atoms with E-state index in [1.54, 1.807) is 0 Å². The Hall–Kier alpha value is -1.84. The first-order chi connectivity index (χ1) is 8.69. The highest BCUT2D eigenvalue weighted by atomic mass is 16.5. The first-order valence-electron chi connectivity index (χ1n) is 6.13.